The molecule has 2 aliphatic heterocycles. The maximum Gasteiger partial charge on any atom is 0.0521 e. The molecule has 0 aromatic rings. The largest absolute Gasteiger partial charge is 0.381 e. The topological polar surface area (TPSA) is 27.7 Å². The first kappa shape index (κ1) is 14.3. The molecule has 0 aromatic heterocycles. The smallest absolute Gasteiger partial charge is 0.0521 e. The monoisotopic (exact) mass is 255 g/mol. The van der Waals surface area contributed by atoms with Crippen LogP contribution in [0.2, 0.25) is 0 Å². The van der Waals surface area contributed by atoms with Gasteiger partial charge in [-0.1, -0.05) is 0 Å². The molecule has 0 spiro atoms. The number of hydrogen-bond acceptors (Lipinski definition) is 4. The number of piperazine rings is 1. The van der Waals surface area contributed by atoms with Crippen molar-refractivity contribution >= 4 is 0 Å². The van der Waals surface area contributed by atoms with Gasteiger partial charge in [0.2, 0.25) is 0 Å². The second kappa shape index (κ2) is 6.33. The Hall–Kier alpha value is -0.160. The van der Waals surface area contributed by atoms with Crippen molar-refractivity contribution in [3.05, 3.63) is 0 Å². The van der Waals surface area contributed by atoms with Crippen molar-refractivity contribution in [3.8, 4) is 0 Å². The van der Waals surface area contributed by atoms with E-state index in [4.69, 9.17) is 4.74 Å². The first-order valence-electron chi connectivity index (χ1n) is 7.31. The molecular weight excluding hydrogens is 226 g/mol. The van der Waals surface area contributed by atoms with Crippen LogP contribution in [0.15, 0.2) is 0 Å². The molecule has 4 unspecified atom stereocenters. The number of hydrogen-bond donors (Lipinski definition) is 1. The minimum atomic E-state index is 0.629. The van der Waals surface area contributed by atoms with Crippen LogP contribution in [-0.2, 0) is 4.74 Å². The zero-order valence-corrected chi connectivity index (χ0v) is 12.4. The lowest BCUT2D eigenvalue weighted by atomic mass is 9.94. The molecule has 0 radical (unpaired) electrons. The molecule has 4 nitrogen and oxygen atoms in total. The highest BCUT2D eigenvalue weighted by Gasteiger charge is 2.31. The van der Waals surface area contributed by atoms with Crippen molar-refractivity contribution in [3.63, 3.8) is 0 Å². The minimum absolute atomic E-state index is 0.629. The van der Waals surface area contributed by atoms with Crippen LogP contribution >= 0.6 is 0 Å². The molecule has 0 amide bonds. The molecule has 4 atom stereocenters. The van der Waals surface area contributed by atoms with E-state index < -0.39 is 0 Å². The van der Waals surface area contributed by atoms with Gasteiger partial charge in [0.25, 0.3) is 0 Å². The summed E-state index contributed by atoms with van der Waals surface area (Å²) < 4.78 is 5.65. The van der Waals surface area contributed by atoms with Crippen molar-refractivity contribution < 1.29 is 4.74 Å². The van der Waals surface area contributed by atoms with Gasteiger partial charge in [0.05, 0.1) is 6.61 Å². The van der Waals surface area contributed by atoms with Gasteiger partial charge >= 0.3 is 0 Å². The molecule has 0 aliphatic carbocycles. The minimum Gasteiger partial charge on any atom is -0.381 e. The molecule has 4 heteroatoms. The normalized spacial score (nSPS) is 40.0. The van der Waals surface area contributed by atoms with E-state index >= 15 is 0 Å². The molecule has 2 heterocycles. The first-order chi connectivity index (χ1) is 8.61. The number of likely N-dealkylation sites (N-methyl/N-ethyl adjacent to an activating group) is 1. The Bertz CT molecular complexity index is 249. The lowest BCUT2D eigenvalue weighted by Gasteiger charge is -2.44. The molecule has 2 rings (SSSR count). The molecule has 0 aromatic carbocycles. The molecule has 2 saturated heterocycles. The van der Waals surface area contributed by atoms with E-state index in [1.807, 2.05) is 0 Å². The van der Waals surface area contributed by atoms with Crippen LogP contribution in [0.5, 0.6) is 0 Å². The predicted molar refractivity (Wildman–Crippen MR) is 74.9 cm³/mol. The van der Waals surface area contributed by atoms with Gasteiger partial charge in [-0.2, -0.15) is 0 Å². The number of rotatable bonds is 3. The van der Waals surface area contributed by atoms with Gasteiger partial charge in [-0.05, 0) is 34.4 Å². The molecule has 1 N–H and O–H groups in total. The number of nitrogens with zero attached hydrogens (tertiary/aromatic N) is 2. The highest BCUT2D eigenvalue weighted by Crippen LogP contribution is 2.19. The molecule has 106 valence electrons. The van der Waals surface area contributed by atoms with Crippen LogP contribution in [-0.4, -0.2) is 74.9 Å². The first-order valence-corrected chi connectivity index (χ1v) is 7.31. The Morgan fingerprint density at radius 2 is 1.89 bits per heavy atom. The van der Waals surface area contributed by atoms with Crippen molar-refractivity contribution in [2.75, 3.05) is 46.9 Å². The Morgan fingerprint density at radius 1 is 1.22 bits per heavy atom. The molecule has 18 heavy (non-hydrogen) atoms. The third-order valence-electron chi connectivity index (χ3n) is 4.77. The second-order valence-electron chi connectivity index (χ2n) is 6.10. The summed E-state index contributed by atoms with van der Waals surface area (Å²) in [6.45, 7) is 10.0. The average Bonchev–Trinajstić information content (AvgIpc) is 2.36. The number of ether oxygens (including phenoxy) is 1. The highest BCUT2D eigenvalue weighted by molar-refractivity contribution is 4.87. The lowest BCUT2D eigenvalue weighted by Crippen LogP contribution is -2.57. The van der Waals surface area contributed by atoms with Crippen LogP contribution in [0.4, 0.5) is 0 Å². The summed E-state index contributed by atoms with van der Waals surface area (Å²) >= 11 is 0. The van der Waals surface area contributed by atoms with Crippen molar-refractivity contribution in [2.24, 2.45) is 5.92 Å². The van der Waals surface area contributed by atoms with Crippen LogP contribution in [0.25, 0.3) is 0 Å². The molecular formula is C14H29N3O. The highest BCUT2D eigenvalue weighted by atomic mass is 16.5. The van der Waals surface area contributed by atoms with E-state index in [0.717, 1.165) is 19.6 Å². The van der Waals surface area contributed by atoms with E-state index in [9.17, 15) is 0 Å². The Labute approximate surface area is 112 Å². The van der Waals surface area contributed by atoms with E-state index in [-0.39, 0.29) is 0 Å². The van der Waals surface area contributed by atoms with E-state index in [1.54, 1.807) is 0 Å². The van der Waals surface area contributed by atoms with E-state index in [1.165, 1.54) is 19.6 Å². The van der Waals surface area contributed by atoms with Crippen molar-refractivity contribution in [1.29, 1.82) is 0 Å². The van der Waals surface area contributed by atoms with Gasteiger partial charge in [0.1, 0.15) is 0 Å². The van der Waals surface area contributed by atoms with Gasteiger partial charge in [0.15, 0.2) is 0 Å². The third-order valence-corrected chi connectivity index (χ3v) is 4.77. The lowest BCUT2D eigenvalue weighted by molar-refractivity contribution is -0.00398. The van der Waals surface area contributed by atoms with Gasteiger partial charge in [-0.25, -0.2) is 0 Å². The summed E-state index contributed by atoms with van der Waals surface area (Å²) in [5, 5.41) is 3.46. The van der Waals surface area contributed by atoms with Crippen LogP contribution < -0.4 is 5.32 Å². The van der Waals surface area contributed by atoms with Crippen LogP contribution in [0.3, 0.4) is 0 Å². The van der Waals surface area contributed by atoms with Gasteiger partial charge in [-0.3, -0.25) is 9.80 Å². The van der Waals surface area contributed by atoms with Gasteiger partial charge in [-0.15, -0.1) is 0 Å². The summed E-state index contributed by atoms with van der Waals surface area (Å²) in [5.74, 6) is 0.645. The third kappa shape index (κ3) is 3.23. The standard InChI is InChI=1S/C14H29N3O/c1-11-7-17(8-12(2)16(11)4)9-13-10-18-6-5-14(13)15-3/h11-15H,5-10H2,1-4H3. The summed E-state index contributed by atoms with van der Waals surface area (Å²) in [5.41, 5.74) is 0. The van der Waals surface area contributed by atoms with E-state index in [2.05, 4.69) is 43.1 Å². The fourth-order valence-electron chi connectivity index (χ4n) is 3.35. The summed E-state index contributed by atoms with van der Waals surface area (Å²) in [7, 11) is 4.32. The fourth-order valence-corrected chi connectivity index (χ4v) is 3.35. The Balaban J connectivity index is 1.88. The molecule has 0 saturated carbocycles. The Morgan fingerprint density at radius 3 is 2.50 bits per heavy atom. The summed E-state index contributed by atoms with van der Waals surface area (Å²) in [6, 6.07) is 1.95. The molecule has 2 aliphatic rings. The van der Waals surface area contributed by atoms with E-state index in [0.29, 0.717) is 24.0 Å². The molecule has 0 bridgehead atoms. The van der Waals surface area contributed by atoms with Crippen LogP contribution in [0.1, 0.15) is 20.3 Å². The van der Waals surface area contributed by atoms with Crippen molar-refractivity contribution in [1.82, 2.24) is 15.1 Å². The maximum absolute atomic E-state index is 5.65. The van der Waals surface area contributed by atoms with Gasteiger partial charge in [0, 0.05) is 50.3 Å². The maximum atomic E-state index is 5.65. The number of nitrogens with one attached hydrogen (secondary N) is 1. The fraction of sp³-hybridized carbons (Fsp3) is 1.00. The van der Waals surface area contributed by atoms with Gasteiger partial charge < -0.3 is 10.1 Å². The zero-order valence-electron chi connectivity index (χ0n) is 12.4. The summed E-state index contributed by atoms with van der Waals surface area (Å²) in [4.78, 5) is 5.11. The van der Waals surface area contributed by atoms with Crippen molar-refractivity contribution in [2.45, 2.75) is 38.4 Å². The average molecular weight is 255 g/mol. The predicted octanol–water partition coefficient (Wildman–Crippen LogP) is 0.635. The summed E-state index contributed by atoms with van der Waals surface area (Å²) in [6.07, 6.45) is 1.15. The SMILES string of the molecule is CNC1CCOCC1CN1CC(C)N(C)C(C)C1. The Kier molecular flexibility index (Phi) is 5.01. The quantitative estimate of drug-likeness (QED) is 0.801. The second-order valence-corrected chi connectivity index (χ2v) is 6.10. The molecule has 2 fully saturated rings. The van der Waals surface area contributed by atoms with Crippen LogP contribution in [0, 0.1) is 5.92 Å². The zero-order chi connectivity index (χ0) is 13.1.